The second kappa shape index (κ2) is 6.22. The predicted octanol–water partition coefficient (Wildman–Crippen LogP) is 4.59. The summed E-state index contributed by atoms with van der Waals surface area (Å²) in [5, 5.41) is 0.374. The fraction of sp³-hybridized carbons (Fsp3) is 0.389. The van der Waals surface area contributed by atoms with Gasteiger partial charge in [0.1, 0.15) is 17.2 Å². The number of aromatic amines is 1. The summed E-state index contributed by atoms with van der Waals surface area (Å²) < 4.78 is 14.6. The van der Waals surface area contributed by atoms with Crippen LogP contribution in [0, 0.1) is 5.82 Å². The number of H-pyrrole nitrogens is 1. The van der Waals surface area contributed by atoms with Gasteiger partial charge in [0.05, 0.1) is 5.70 Å². The van der Waals surface area contributed by atoms with Crippen LogP contribution in [0.2, 0.25) is 5.02 Å². The van der Waals surface area contributed by atoms with E-state index in [4.69, 9.17) is 16.4 Å². The number of aromatic nitrogens is 2. The van der Waals surface area contributed by atoms with E-state index in [2.05, 4.69) is 15.4 Å². The third kappa shape index (κ3) is 2.82. The molecule has 2 fully saturated rings. The van der Waals surface area contributed by atoms with E-state index in [9.17, 15) is 4.39 Å². The molecule has 0 amide bonds. The molecule has 0 atom stereocenters. The van der Waals surface area contributed by atoms with Gasteiger partial charge in [0.15, 0.2) is 0 Å². The number of hydrogen-bond acceptors (Lipinski definition) is 3. The van der Waals surface area contributed by atoms with Crippen LogP contribution in [0.3, 0.4) is 0 Å². The average Bonchev–Trinajstić information content (AvgIpc) is 3.22. The van der Waals surface area contributed by atoms with Crippen LogP contribution in [0.5, 0.6) is 0 Å². The predicted molar refractivity (Wildman–Crippen MR) is 90.7 cm³/mol. The lowest BCUT2D eigenvalue weighted by molar-refractivity contribution is -0.0722. The van der Waals surface area contributed by atoms with Gasteiger partial charge in [-0.15, -0.1) is 0 Å². The Balaban J connectivity index is 1.79. The van der Waals surface area contributed by atoms with Crippen LogP contribution in [-0.4, -0.2) is 15.6 Å². The average molecular weight is 348 g/mol. The number of nitrogens with one attached hydrogen (secondary N) is 2. The third-order valence-corrected chi connectivity index (χ3v) is 5.13. The van der Waals surface area contributed by atoms with Gasteiger partial charge in [-0.25, -0.2) is 9.37 Å². The molecule has 2 N–H and O–H groups in total. The van der Waals surface area contributed by atoms with Gasteiger partial charge in [-0.1, -0.05) is 30.9 Å². The third-order valence-electron chi connectivity index (χ3n) is 4.89. The van der Waals surface area contributed by atoms with E-state index < -0.39 is 0 Å². The zero-order valence-corrected chi connectivity index (χ0v) is 14.0. The molecule has 0 bridgehead atoms. The molecule has 1 aliphatic carbocycles. The summed E-state index contributed by atoms with van der Waals surface area (Å²) >= 11 is 5.90. The van der Waals surface area contributed by atoms with Gasteiger partial charge in [0.25, 0.3) is 0 Å². The van der Waals surface area contributed by atoms with Crippen molar-refractivity contribution in [2.45, 2.75) is 44.1 Å². The van der Waals surface area contributed by atoms with Gasteiger partial charge in [-0.2, -0.15) is 0 Å². The van der Waals surface area contributed by atoms with E-state index >= 15 is 0 Å². The molecule has 1 spiro atoms. The molecule has 0 radical (unpaired) electrons. The maximum absolute atomic E-state index is 14.6. The summed E-state index contributed by atoms with van der Waals surface area (Å²) in [6.45, 7) is 0. The Bertz CT molecular complexity index is 767. The zero-order chi connectivity index (χ0) is 16.6. The van der Waals surface area contributed by atoms with Crippen LogP contribution in [0.4, 0.5) is 4.39 Å². The normalized spacial score (nSPS) is 21.8. The Kier molecular flexibility index (Phi) is 4.06. The minimum Gasteiger partial charge on any atom is -0.345 e. The van der Waals surface area contributed by atoms with E-state index in [0.717, 1.165) is 25.0 Å². The second-order valence-corrected chi connectivity index (χ2v) is 6.98. The molecule has 2 heterocycles. The van der Waals surface area contributed by atoms with Crippen LogP contribution in [0.15, 0.2) is 36.3 Å². The molecule has 126 valence electrons. The monoisotopic (exact) mass is 347 g/mol. The lowest BCUT2D eigenvalue weighted by Gasteiger charge is -2.30. The van der Waals surface area contributed by atoms with Gasteiger partial charge in [-0.05, 0) is 31.0 Å². The van der Waals surface area contributed by atoms with Gasteiger partial charge in [-0.3, -0.25) is 10.3 Å². The van der Waals surface area contributed by atoms with Crippen molar-refractivity contribution in [1.29, 1.82) is 0 Å². The summed E-state index contributed by atoms with van der Waals surface area (Å²) in [5.74, 6) is 0.253. The maximum atomic E-state index is 14.6. The van der Waals surface area contributed by atoms with Crippen molar-refractivity contribution in [2.75, 3.05) is 0 Å². The van der Waals surface area contributed by atoms with Crippen molar-refractivity contribution in [3.63, 3.8) is 0 Å². The number of hydrogen-bond donors (Lipinski definition) is 2. The Hall–Kier alpha value is -1.85. The number of nitrogens with zero attached hydrogens (tertiary/aromatic N) is 1. The van der Waals surface area contributed by atoms with Gasteiger partial charge in [0.2, 0.25) is 0 Å². The molecule has 24 heavy (non-hydrogen) atoms. The number of rotatable bonds is 2. The van der Waals surface area contributed by atoms with E-state index in [-0.39, 0.29) is 11.4 Å². The van der Waals surface area contributed by atoms with Crippen LogP contribution in [-0.2, 0) is 4.84 Å². The van der Waals surface area contributed by atoms with Gasteiger partial charge >= 0.3 is 0 Å². The number of imidazole rings is 1. The first kappa shape index (κ1) is 15.7. The SMILES string of the molecule is Fc1cc(Cl)ccc1/C(=C1\CC2(CCCCC2)ON1)c1ncc[nH]1. The first-order valence-corrected chi connectivity index (χ1v) is 8.67. The standard InChI is InChI=1S/C18H19ClFN3O/c19-12-4-5-13(14(20)10-12)16(17-21-8-9-22-17)15-11-18(24-23-15)6-2-1-3-7-18/h4-5,8-10,23H,1-3,6-7,11H2,(H,21,22)/b16-15-. The number of hydroxylamine groups is 1. The smallest absolute Gasteiger partial charge is 0.139 e. The van der Waals surface area contributed by atoms with Crippen molar-refractivity contribution >= 4 is 17.2 Å². The first-order valence-electron chi connectivity index (χ1n) is 8.29. The molecule has 1 aromatic carbocycles. The summed E-state index contributed by atoms with van der Waals surface area (Å²) in [6, 6.07) is 4.71. The minimum absolute atomic E-state index is 0.172. The van der Waals surface area contributed by atoms with Crippen molar-refractivity contribution in [1.82, 2.24) is 15.4 Å². The van der Waals surface area contributed by atoms with Gasteiger partial charge in [0, 0.05) is 35.0 Å². The van der Waals surface area contributed by atoms with Crippen LogP contribution < -0.4 is 5.48 Å². The summed E-state index contributed by atoms with van der Waals surface area (Å²) in [6.07, 6.45) is 9.77. The van der Waals surface area contributed by atoms with Crippen molar-refractivity contribution in [3.8, 4) is 0 Å². The Labute approximate surface area is 145 Å². The summed E-state index contributed by atoms with van der Waals surface area (Å²) in [4.78, 5) is 13.4. The highest BCUT2D eigenvalue weighted by molar-refractivity contribution is 6.30. The maximum Gasteiger partial charge on any atom is 0.139 e. The molecule has 1 aromatic heterocycles. The molecule has 0 unspecified atom stereocenters. The Morgan fingerprint density at radius 1 is 1.25 bits per heavy atom. The van der Waals surface area contributed by atoms with Crippen molar-refractivity contribution < 1.29 is 9.23 Å². The molecule has 4 nitrogen and oxygen atoms in total. The lowest BCUT2D eigenvalue weighted by Crippen LogP contribution is -2.31. The quantitative estimate of drug-likeness (QED) is 0.835. The van der Waals surface area contributed by atoms with Crippen molar-refractivity contribution in [2.24, 2.45) is 0 Å². The molecule has 2 aromatic rings. The summed E-state index contributed by atoms with van der Waals surface area (Å²) in [5.41, 5.74) is 4.93. The largest absolute Gasteiger partial charge is 0.345 e. The molecular formula is C18H19ClFN3O. The topological polar surface area (TPSA) is 49.9 Å². The molecule has 4 rings (SSSR count). The second-order valence-electron chi connectivity index (χ2n) is 6.54. The Morgan fingerprint density at radius 2 is 2.08 bits per heavy atom. The molecule has 1 aliphatic heterocycles. The molecule has 1 saturated carbocycles. The molecular weight excluding hydrogens is 329 g/mol. The van der Waals surface area contributed by atoms with Crippen LogP contribution in [0.1, 0.15) is 49.9 Å². The van der Waals surface area contributed by atoms with E-state index in [1.54, 1.807) is 24.5 Å². The lowest BCUT2D eigenvalue weighted by atomic mass is 9.81. The highest BCUT2D eigenvalue weighted by Crippen LogP contribution is 2.42. The fourth-order valence-electron chi connectivity index (χ4n) is 3.71. The van der Waals surface area contributed by atoms with E-state index in [1.807, 2.05) is 0 Å². The van der Waals surface area contributed by atoms with Crippen LogP contribution in [0.25, 0.3) is 5.57 Å². The zero-order valence-electron chi connectivity index (χ0n) is 13.2. The summed E-state index contributed by atoms with van der Waals surface area (Å²) in [7, 11) is 0. The molecule has 2 aliphatic rings. The van der Waals surface area contributed by atoms with Crippen LogP contribution >= 0.6 is 11.6 Å². The minimum atomic E-state index is -0.368. The van der Waals surface area contributed by atoms with E-state index in [1.165, 1.54) is 25.3 Å². The molecule has 1 saturated heterocycles. The molecule has 6 heteroatoms. The number of halogens is 2. The first-order chi connectivity index (χ1) is 11.7. The fourth-order valence-corrected chi connectivity index (χ4v) is 3.86. The number of benzene rings is 1. The van der Waals surface area contributed by atoms with E-state index in [0.29, 0.717) is 22.0 Å². The Morgan fingerprint density at radius 3 is 2.79 bits per heavy atom. The highest BCUT2D eigenvalue weighted by atomic mass is 35.5. The van der Waals surface area contributed by atoms with Gasteiger partial charge < -0.3 is 4.98 Å². The highest BCUT2D eigenvalue weighted by Gasteiger charge is 2.41. The van der Waals surface area contributed by atoms with Crippen molar-refractivity contribution in [3.05, 3.63) is 58.5 Å².